The van der Waals surface area contributed by atoms with Crippen LogP contribution in [0.4, 0.5) is 0 Å². The lowest BCUT2D eigenvalue weighted by molar-refractivity contribution is 0.474. The van der Waals surface area contributed by atoms with Crippen molar-refractivity contribution in [2.75, 3.05) is 7.05 Å². The molecule has 2 aromatic carbocycles. The van der Waals surface area contributed by atoms with Crippen molar-refractivity contribution in [3.63, 3.8) is 0 Å². The van der Waals surface area contributed by atoms with Crippen LogP contribution < -0.4 is 10.6 Å². The van der Waals surface area contributed by atoms with E-state index in [2.05, 4.69) is 41.5 Å². The molecule has 3 N–H and O–H groups in total. The van der Waals surface area contributed by atoms with Gasteiger partial charge in [0.05, 0.1) is 0 Å². The third kappa shape index (κ3) is 5.01. The highest BCUT2D eigenvalue weighted by Crippen LogP contribution is 2.24. The maximum Gasteiger partial charge on any atom is 0.123 e. The van der Waals surface area contributed by atoms with Gasteiger partial charge in [-0.3, -0.25) is 0 Å². The molecule has 23 heavy (non-hydrogen) atoms. The molecule has 2 rings (SSSR count). The highest BCUT2D eigenvalue weighted by Gasteiger charge is 2.02. The van der Waals surface area contributed by atoms with Crippen molar-refractivity contribution in [2.45, 2.75) is 20.0 Å². The molecule has 0 bridgehead atoms. The SMILES string of the molecule is C=C(/C=C(\C)NCc1ccc(CNC)cc1)c1ccccc1O. The van der Waals surface area contributed by atoms with E-state index in [1.807, 2.05) is 32.2 Å². The quantitative estimate of drug-likeness (QED) is 0.681. The molecule has 0 saturated heterocycles. The van der Waals surface area contributed by atoms with Crippen molar-refractivity contribution in [3.8, 4) is 5.75 Å². The van der Waals surface area contributed by atoms with Gasteiger partial charge in [0.25, 0.3) is 0 Å². The van der Waals surface area contributed by atoms with Crippen molar-refractivity contribution < 1.29 is 5.11 Å². The smallest absolute Gasteiger partial charge is 0.123 e. The van der Waals surface area contributed by atoms with E-state index >= 15 is 0 Å². The maximum absolute atomic E-state index is 9.86. The van der Waals surface area contributed by atoms with Crippen LogP contribution in [0, 0.1) is 0 Å². The van der Waals surface area contributed by atoms with Gasteiger partial charge < -0.3 is 15.7 Å². The van der Waals surface area contributed by atoms with Crippen molar-refractivity contribution in [1.82, 2.24) is 10.6 Å². The fraction of sp³-hybridized carbons (Fsp3) is 0.200. The number of rotatable bonds is 7. The first kappa shape index (κ1) is 16.8. The van der Waals surface area contributed by atoms with Gasteiger partial charge >= 0.3 is 0 Å². The third-order valence-electron chi connectivity index (χ3n) is 3.62. The largest absolute Gasteiger partial charge is 0.507 e. The predicted molar refractivity (Wildman–Crippen MR) is 96.9 cm³/mol. The summed E-state index contributed by atoms with van der Waals surface area (Å²) in [5.41, 5.74) is 5.06. The number of hydrogen-bond acceptors (Lipinski definition) is 3. The topological polar surface area (TPSA) is 44.3 Å². The predicted octanol–water partition coefficient (Wildman–Crippen LogP) is 3.82. The van der Waals surface area contributed by atoms with Gasteiger partial charge in [-0.05, 0) is 42.8 Å². The summed E-state index contributed by atoms with van der Waals surface area (Å²) in [6, 6.07) is 15.8. The summed E-state index contributed by atoms with van der Waals surface area (Å²) in [5.74, 6) is 0.252. The van der Waals surface area contributed by atoms with Gasteiger partial charge in [0.1, 0.15) is 5.75 Å². The summed E-state index contributed by atoms with van der Waals surface area (Å²) in [6.45, 7) is 7.67. The minimum absolute atomic E-state index is 0.252. The molecule has 3 nitrogen and oxygen atoms in total. The number of nitrogens with one attached hydrogen (secondary N) is 2. The third-order valence-corrected chi connectivity index (χ3v) is 3.62. The fourth-order valence-corrected chi connectivity index (χ4v) is 2.36. The van der Waals surface area contributed by atoms with E-state index in [0.717, 1.165) is 29.9 Å². The Morgan fingerprint density at radius 1 is 1.04 bits per heavy atom. The number of allylic oxidation sites excluding steroid dienone is 3. The van der Waals surface area contributed by atoms with Crippen LogP contribution in [0.15, 0.2) is 66.9 Å². The monoisotopic (exact) mass is 308 g/mol. The van der Waals surface area contributed by atoms with E-state index in [1.165, 1.54) is 11.1 Å². The van der Waals surface area contributed by atoms with E-state index in [9.17, 15) is 5.11 Å². The fourth-order valence-electron chi connectivity index (χ4n) is 2.36. The highest BCUT2D eigenvalue weighted by molar-refractivity contribution is 5.76. The number of aromatic hydroxyl groups is 1. The summed E-state index contributed by atoms with van der Waals surface area (Å²) < 4.78 is 0. The summed E-state index contributed by atoms with van der Waals surface area (Å²) >= 11 is 0. The van der Waals surface area contributed by atoms with Gasteiger partial charge in [-0.1, -0.05) is 49.0 Å². The normalized spacial score (nSPS) is 11.3. The summed E-state index contributed by atoms with van der Waals surface area (Å²) in [7, 11) is 1.95. The van der Waals surface area contributed by atoms with E-state index < -0.39 is 0 Å². The van der Waals surface area contributed by atoms with Gasteiger partial charge in [-0.15, -0.1) is 0 Å². The molecular weight excluding hydrogens is 284 g/mol. The molecule has 0 atom stereocenters. The molecular formula is C20H24N2O. The van der Waals surface area contributed by atoms with Crippen LogP contribution in [0.1, 0.15) is 23.6 Å². The first-order valence-electron chi connectivity index (χ1n) is 7.72. The molecule has 0 aliphatic carbocycles. The first-order valence-corrected chi connectivity index (χ1v) is 7.72. The van der Waals surface area contributed by atoms with Crippen molar-refractivity contribution in [3.05, 3.63) is 83.6 Å². The molecule has 3 heteroatoms. The molecule has 0 fully saturated rings. The number of para-hydroxylation sites is 1. The molecule has 0 saturated carbocycles. The Balaban J connectivity index is 1.94. The first-order chi connectivity index (χ1) is 11.1. The molecule has 0 aromatic heterocycles. The number of benzene rings is 2. The lowest BCUT2D eigenvalue weighted by atomic mass is 10.1. The Morgan fingerprint density at radius 3 is 2.26 bits per heavy atom. The molecule has 0 amide bonds. The minimum Gasteiger partial charge on any atom is -0.507 e. The second-order valence-electron chi connectivity index (χ2n) is 5.57. The van der Waals surface area contributed by atoms with Crippen molar-refractivity contribution >= 4 is 5.57 Å². The van der Waals surface area contributed by atoms with Crippen LogP contribution in [-0.2, 0) is 13.1 Å². The van der Waals surface area contributed by atoms with Crippen LogP contribution in [0.25, 0.3) is 5.57 Å². The van der Waals surface area contributed by atoms with Crippen LogP contribution in [0.3, 0.4) is 0 Å². The molecule has 2 aromatic rings. The summed E-state index contributed by atoms with van der Waals surface area (Å²) in [5, 5.41) is 16.4. The zero-order valence-corrected chi connectivity index (χ0v) is 13.8. The van der Waals surface area contributed by atoms with Crippen molar-refractivity contribution in [1.29, 1.82) is 0 Å². The molecule has 0 unspecified atom stereocenters. The number of hydrogen-bond donors (Lipinski definition) is 3. The van der Waals surface area contributed by atoms with Crippen LogP contribution in [0.2, 0.25) is 0 Å². The zero-order valence-electron chi connectivity index (χ0n) is 13.8. The lowest BCUT2D eigenvalue weighted by Crippen LogP contribution is -2.11. The van der Waals surface area contributed by atoms with Gasteiger partial charge in [-0.2, -0.15) is 0 Å². The maximum atomic E-state index is 9.86. The Morgan fingerprint density at radius 2 is 1.65 bits per heavy atom. The van der Waals surface area contributed by atoms with Crippen LogP contribution >= 0.6 is 0 Å². The Hall–Kier alpha value is -2.52. The van der Waals surface area contributed by atoms with E-state index in [-0.39, 0.29) is 5.75 Å². The Kier molecular flexibility index (Phi) is 6.01. The molecule has 0 heterocycles. The average Bonchev–Trinajstić information content (AvgIpc) is 2.55. The van der Waals surface area contributed by atoms with Gasteiger partial charge in [-0.25, -0.2) is 0 Å². The highest BCUT2D eigenvalue weighted by atomic mass is 16.3. The molecule has 0 aliphatic heterocycles. The van der Waals surface area contributed by atoms with E-state index in [0.29, 0.717) is 0 Å². The second kappa shape index (κ2) is 8.20. The van der Waals surface area contributed by atoms with Crippen LogP contribution in [-0.4, -0.2) is 12.2 Å². The van der Waals surface area contributed by atoms with E-state index in [1.54, 1.807) is 12.1 Å². The van der Waals surface area contributed by atoms with Gasteiger partial charge in [0.15, 0.2) is 0 Å². The summed E-state index contributed by atoms with van der Waals surface area (Å²) in [6.07, 6.45) is 1.95. The Labute approximate surface area is 138 Å². The molecule has 120 valence electrons. The summed E-state index contributed by atoms with van der Waals surface area (Å²) in [4.78, 5) is 0. The minimum atomic E-state index is 0.252. The van der Waals surface area contributed by atoms with E-state index in [4.69, 9.17) is 0 Å². The molecule has 0 radical (unpaired) electrons. The zero-order chi connectivity index (χ0) is 16.7. The number of phenols is 1. The molecule has 0 aliphatic rings. The Bertz CT molecular complexity index is 687. The number of phenolic OH excluding ortho intramolecular Hbond substituents is 1. The lowest BCUT2D eigenvalue weighted by Gasteiger charge is -2.10. The average molecular weight is 308 g/mol. The second-order valence-corrected chi connectivity index (χ2v) is 5.57. The van der Waals surface area contributed by atoms with Gasteiger partial charge in [0.2, 0.25) is 0 Å². The van der Waals surface area contributed by atoms with Gasteiger partial charge in [0, 0.05) is 24.4 Å². The standard InChI is InChI=1S/C20H24N2O/c1-15(19-6-4-5-7-20(19)23)12-16(2)22-14-18-10-8-17(9-11-18)13-21-3/h4-12,21-23H,1,13-14H2,2-3H3/b16-12+. The molecule has 0 spiro atoms. The van der Waals surface area contributed by atoms with Crippen LogP contribution in [0.5, 0.6) is 5.75 Å². The van der Waals surface area contributed by atoms with Crippen molar-refractivity contribution in [2.24, 2.45) is 0 Å².